The van der Waals surface area contributed by atoms with Gasteiger partial charge in [-0.3, -0.25) is 4.79 Å². The van der Waals surface area contributed by atoms with Gasteiger partial charge in [-0.05, 0) is 35.7 Å². The van der Waals surface area contributed by atoms with Crippen molar-refractivity contribution in [1.82, 2.24) is 5.32 Å². The van der Waals surface area contributed by atoms with Crippen molar-refractivity contribution in [3.63, 3.8) is 0 Å². The van der Waals surface area contributed by atoms with Gasteiger partial charge < -0.3 is 15.3 Å². The quantitative estimate of drug-likeness (QED) is 0.590. The van der Waals surface area contributed by atoms with E-state index in [1.54, 1.807) is 13.1 Å². The topological polar surface area (TPSA) is 86.7 Å². The van der Waals surface area contributed by atoms with Gasteiger partial charge in [-0.2, -0.15) is 0 Å². The number of hydrogen-bond donors (Lipinski definition) is 2. The lowest BCUT2D eigenvalue weighted by atomic mass is 9.75. The minimum absolute atomic E-state index is 0.0706. The van der Waals surface area contributed by atoms with E-state index in [2.05, 4.69) is 12.2 Å². The minimum atomic E-state index is -3.48. The van der Waals surface area contributed by atoms with Crippen molar-refractivity contribution in [2.75, 3.05) is 31.8 Å². The smallest absolute Gasteiger partial charge is 0.219 e. The van der Waals surface area contributed by atoms with Crippen molar-refractivity contribution in [2.24, 2.45) is 5.41 Å². The Morgan fingerprint density at radius 3 is 2.32 bits per heavy atom. The van der Waals surface area contributed by atoms with Gasteiger partial charge in [0.2, 0.25) is 5.91 Å². The molecule has 0 radical (unpaired) electrons. The summed E-state index contributed by atoms with van der Waals surface area (Å²) in [5, 5.41) is 13.7. The van der Waals surface area contributed by atoms with Gasteiger partial charge in [-0.1, -0.05) is 63.9 Å². The van der Waals surface area contributed by atoms with Crippen LogP contribution in [0.4, 0.5) is 5.69 Å². The SMILES string of the molecule is CCCCCC(=O)NC.CN(C)c1ccc2c(c1)[C@@H](c1ccccc1)C(O)C(C)(C)CS2(=O)=O. The first-order valence-electron chi connectivity index (χ1n) is 11.9. The molecular formula is C27H40N2O4S. The van der Waals surface area contributed by atoms with Crippen LogP contribution >= 0.6 is 0 Å². The van der Waals surface area contributed by atoms with E-state index in [1.165, 1.54) is 6.42 Å². The molecule has 2 N–H and O–H groups in total. The van der Waals surface area contributed by atoms with Gasteiger partial charge in [0.05, 0.1) is 16.8 Å². The van der Waals surface area contributed by atoms with Gasteiger partial charge in [0.25, 0.3) is 0 Å². The third kappa shape index (κ3) is 6.83. The van der Waals surface area contributed by atoms with E-state index >= 15 is 0 Å². The number of anilines is 1. The zero-order chi connectivity index (χ0) is 25.5. The molecule has 0 bridgehead atoms. The first-order valence-corrected chi connectivity index (χ1v) is 13.6. The zero-order valence-corrected chi connectivity index (χ0v) is 22.2. The number of nitrogens with zero attached hydrogens (tertiary/aromatic N) is 1. The van der Waals surface area contributed by atoms with Crippen molar-refractivity contribution in [3.8, 4) is 0 Å². The van der Waals surface area contributed by atoms with Crippen LogP contribution in [0.3, 0.4) is 0 Å². The number of unbranched alkanes of at least 4 members (excludes halogenated alkanes) is 2. The van der Waals surface area contributed by atoms with E-state index < -0.39 is 21.4 Å². The molecule has 0 saturated carbocycles. The Kier molecular flexibility index (Phi) is 9.71. The van der Waals surface area contributed by atoms with Gasteiger partial charge in [-0.15, -0.1) is 0 Å². The number of aliphatic hydroxyl groups is 1. The molecule has 1 amide bonds. The lowest BCUT2D eigenvalue weighted by Crippen LogP contribution is -2.38. The Morgan fingerprint density at radius 2 is 1.76 bits per heavy atom. The van der Waals surface area contributed by atoms with E-state index in [9.17, 15) is 18.3 Å². The second kappa shape index (κ2) is 11.8. The largest absolute Gasteiger partial charge is 0.392 e. The standard InChI is InChI=1S/C20H25NO3S.C7H15NO/c1-20(2)13-25(23,24)17-11-10-15(21(3)4)12-16(17)18(19(20)22)14-8-6-5-7-9-14;1-3-4-5-6-7(9)8-2/h5-12,18-19,22H,13H2,1-4H3;3-6H2,1-2H3,(H,8,9)/t18-,19?;/m1./s1. The maximum atomic E-state index is 13.0. The molecule has 2 atom stereocenters. The van der Waals surface area contributed by atoms with E-state index in [0.717, 1.165) is 24.1 Å². The number of carbonyl (C=O) groups excluding carboxylic acids is 1. The summed E-state index contributed by atoms with van der Waals surface area (Å²) in [5.74, 6) is -0.300. The Balaban J connectivity index is 0.000000387. The summed E-state index contributed by atoms with van der Waals surface area (Å²) >= 11 is 0. The van der Waals surface area contributed by atoms with Gasteiger partial charge in [0, 0.05) is 44.6 Å². The predicted molar refractivity (Wildman–Crippen MR) is 139 cm³/mol. The van der Waals surface area contributed by atoms with Crippen LogP contribution in [0.5, 0.6) is 0 Å². The van der Waals surface area contributed by atoms with Crippen LogP contribution in [-0.4, -0.2) is 52.4 Å². The molecule has 34 heavy (non-hydrogen) atoms. The summed E-state index contributed by atoms with van der Waals surface area (Å²) < 4.78 is 26.0. The lowest BCUT2D eigenvalue weighted by Gasteiger charge is -2.33. The van der Waals surface area contributed by atoms with Crippen LogP contribution in [0, 0.1) is 5.41 Å². The van der Waals surface area contributed by atoms with E-state index in [4.69, 9.17) is 0 Å². The van der Waals surface area contributed by atoms with E-state index in [0.29, 0.717) is 16.9 Å². The molecule has 7 heteroatoms. The monoisotopic (exact) mass is 488 g/mol. The normalized spacial score (nSPS) is 20.2. The minimum Gasteiger partial charge on any atom is -0.392 e. The van der Waals surface area contributed by atoms with Crippen LogP contribution in [0.2, 0.25) is 0 Å². The zero-order valence-electron chi connectivity index (χ0n) is 21.3. The van der Waals surface area contributed by atoms with Crippen LogP contribution < -0.4 is 10.2 Å². The molecule has 1 heterocycles. The third-order valence-electron chi connectivity index (χ3n) is 6.30. The Labute approximate surface area is 205 Å². The summed E-state index contributed by atoms with van der Waals surface area (Å²) in [4.78, 5) is 12.8. The predicted octanol–water partition coefficient (Wildman–Crippen LogP) is 4.37. The number of hydrogen-bond acceptors (Lipinski definition) is 5. The molecule has 0 aromatic heterocycles. The number of nitrogens with one attached hydrogen (secondary N) is 1. The molecular weight excluding hydrogens is 448 g/mol. The third-order valence-corrected chi connectivity index (χ3v) is 8.47. The number of carbonyl (C=O) groups is 1. The summed E-state index contributed by atoms with van der Waals surface area (Å²) in [5.41, 5.74) is 1.77. The molecule has 1 aliphatic heterocycles. The first-order chi connectivity index (χ1) is 15.9. The molecule has 0 saturated heterocycles. The Morgan fingerprint density at radius 1 is 1.12 bits per heavy atom. The van der Waals surface area contributed by atoms with Crippen LogP contribution in [0.15, 0.2) is 53.4 Å². The second-order valence-corrected chi connectivity index (χ2v) is 11.8. The molecule has 2 aromatic rings. The highest BCUT2D eigenvalue weighted by Crippen LogP contribution is 2.45. The van der Waals surface area contributed by atoms with Crippen molar-refractivity contribution in [3.05, 3.63) is 59.7 Å². The lowest BCUT2D eigenvalue weighted by molar-refractivity contribution is -0.120. The van der Waals surface area contributed by atoms with Crippen molar-refractivity contribution < 1.29 is 18.3 Å². The first kappa shape index (κ1) is 27.9. The number of sulfone groups is 1. The van der Waals surface area contributed by atoms with Gasteiger partial charge in [-0.25, -0.2) is 8.42 Å². The number of amides is 1. The highest BCUT2D eigenvalue weighted by Gasteiger charge is 2.45. The van der Waals surface area contributed by atoms with Crippen molar-refractivity contribution in [1.29, 1.82) is 0 Å². The second-order valence-electron chi connectivity index (χ2n) is 9.83. The summed E-state index contributed by atoms with van der Waals surface area (Å²) in [6, 6.07) is 15.1. The molecule has 0 aliphatic carbocycles. The van der Waals surface area contributed by atoms with Gasteiger partial charge >= 0.3 is 0 Å². The maximum absolute atomic E-state index is 13.0. The molecule has 2 aromatic carbocycles. The Bertz CT molecular complexity index is 1050. The van der Waals surface area contributed by atoms with Gasteiger partial charge in [0.1, 0.15) is 0 Å². The molecule has 6 nitrogen and oxygen atoms in total. The molecule has 3 rings (SSSR count). The fourth-order valence-electron chi connectivity index (χ4n) is 4.30. The summed E-state index contributed by atoms with van der Waals surface area (Å²) in [6.07, 6.45) is 3.24. The average molecular weight is 489 g/mol. The number of rotatable bonds is 6. The van der Waals surface area contributed by atoms with Crippen LogP contribution in [0.1, 0.15) is 63.5 Å². The highest BCUT2D eigenvalue weighted by molar-refractivity contribution is 7.91. The average Bonchev–Trinajstić information content (AvgIpc) is 2.84. The molecule has 0 spiro atoms. The number of benzene rings is 2. The summed E-state index contributed by atoms with van der Waals surface area (Å²) in [7, 11) is 2.04. The van der Waals surface area contributed by atoms with Crippen molar-refractivity contribution >= 4 is 21.4 Å². The van der Waals surface area contributed by atoms with Crippen molar-refractivity contribution in [2.45, 2.75) is 63.4 Å². The molecule has 1 aliphatic rings. The molecule has 0 fully saturated rings. The Hall–Kier alpha value is -2.38. The fourth-order valence-corrected chi connectivity index (χ4v) is 6.42. The van der Waals surface area contributed by atoms with Gasteiger partial charge in [0.15, 0.2) is 9.84 Å². The summed E-state index contributed by atoms with van der Waals surface area (Å²) in [6.45, 7) is 5.78. The molecule has 188 valence electrons. The van der Waals surface area contributed by atoms with E-state index in [1.807, 2.05) is 75.3 Å². The number of aliphatic hydroxyl groups excluding tert-OH is 1. The van der Waals surface area contributed by atoms with Crippen LogP contribution in [0.25, 0.3) is 0 Å². The highest BCUT2D eigenvalue weighted by atomic mass is 32.2. The maximum Gasteiger partial charge on any atom is 0.219 e. The molecule has 1 unspecified atom stereocenters. The number of fused-ring (bicyclic) bond motifs is 1. The fraction of sp³-hybridized carbons (Fsp3) is 0.519. The van der Waals surface area contributed by atoms with E-state index in [-0.39, 0.29) is 17.6 Å². The van der Waals surface area contributed by atoms with Crippen LogP contribution in [-0.2, 0) is 14.6 Å².